The number of pyridine rings is 1. The Labute approximate surface area is 113 Å². The number of rotatable bonds is 2. The van der Waals surface area contributed by atoms with Crippen LogP contribution in [0.4, 0.5) is 5.82 Å². The van der Waals surface area contributed by atoms with Gasteiger partial charge in [0.25, 0.3) is 0 Å². The Balaban J connectivity index is 1.96. The summed E-state index contributed by atoms with van der Waals surface area (Å²) in [5.41, 5.74) is 6.75. The molecule has 4 heteroatoms. The molecule has 2 unspecified atom stereocenters. The lowest BCUT2D eigenvalue weighted by molar-refractivity contribution is 0.360. The summed E-state index contributed by atoms with van der Waals surface area (Å²) in [4.78, 5) is 7.45. The standard InChI is InChI=1S/C14H19N3S/c15-13(18)11-6-2-8-16-14(11)17-9-3-5-10-4-1-7-12(10)17/h2,6,8,10,12H,1,3-5,7,9H2,(H2,15,18). The minimum absolute atomic E-state index is 0.457. The van der Waals surface area contributed by atoms with Crippen LogP contribution in [0.3, 0.4) is 0 Å². The lowest BCUT2D eigenvalue weighted by Crippen LogP contribution is -2.44. The van der Waals surface area contributed by atoms with Crippen molar-refractivity contribution in [2.45, 2.75) is 38.1 Å². The van der Waals surface area contributed by atoms with E-state index < -0.39 is 0 Å². The van der Waals surface area contributed by atoms with Crippen molar-refractivity contribution in [1.82, 2.24) is 4.98 Å². The molecule has 1 aliphatic heterocycles. The second-order valence-electron chi connectivity index (χ2n) is 5.33. The van der Waals surface area contributed by atoms with Crippen LogP contribution in [0.5, 0.6) is 0 Å². The Morgan fingerprint density at radius 1 is 1.33 bits per heavy atom. The van der Waals surface area contributed by atoms with E-state index in [1.807, 2.05) is 18.3 Å². The molecule has 3 rings (SSSR count). The summed E-state index contributed by atoms with van der Waals surface area (Å²) < 4.78 is 0. The zero-order chi connectivity index (χ0) is 12.5. The monoisotopic (exact) mass is 261 g/mol. The van der Waals surface area contributed by atoms with Crippen LogP contribution in [-0.4, -0.2) is 22.6 Å². The summed E-state index contributed by atoms with van der Waals surface area (Å²) in [7, 11) is 0. The highest BCUT2D eigenvalue weighted by molar-refractivity contribution is 7.80. The Hall–Kier alpha value is -1.16. The first kappa shape index (κ1) is 11.9. The molecule has 2 atom stereocenters. The maximum Gasteiger partial charge on any atom is 0.139 e. The molecule has 2 heterocycles. The third-order valence-electron chi connectivity index (χ3n) is 4.32. The Morgan fingerprint density at radius 2 is 2.17 bits per heavy atom. The van der Waals surface area contributed by atoms with Crippen molar-refractivity contribution in [3.8, 4) is 0 Å². The van der Waals surface area contributed by atoms with Crippen molar-refractivity contribution in [3.63, 3.8) is 0 Å². The van der Waals surface area contributed by atoms with Gasteiger partial charge in [-0.25, -0.2) is 4.98 Å². The largest absolute Gasteiger partial charge is 0.389 e. The molecular weight excluding hydrogens is 242 g/mol. The molecule has 2 fully saturated rings. The third-order valence-corrected chi connectivity index (χ3v) is 4.54. The van der Waals surface area contributed by atoms with E-state index in [4.69, 9.17) is 18.0 Å². The van der Waals surface area contributed by atoms with Crippen LogP contribution in [-0.2, 0) is 0 Å². The third kappa shape index (κ3) is 1.99. The van der Waals surface area contributed by atoms with Crippen LogP contribution in [0.2, 0.25) is 0 Å². The van der Waals surface area contributed by atoms with Gasteiger partial charge in [-0.3, -0.25) is 0 Å². The highest BCUT2D eigenvalue weighted by atomic mass is 32.1. The van der Waals surface area contributed by atoms with Gasteiger partial charge in [0.15, 0.2) is 0 Å². The summed E-state index contributed by atoms with van der Waals surface area (Å²) in [6.45, 7) is 1.09. The number of nitrogens with zero attached hydrogens (tertiary/aromatic N) is 2. The number of fused-ring (bicyclic) bond motifs is 1. The second kappa shape index (κ2) is 4.84. The van der Waals surface area contributed by atoms with Crippen molar-refractivity contribution in [2.75, 3.05) is 11.4 Å². The maximum atomic E-state index is 5.82. The lowest BCUT2D eigenvalue weighted by Gasteiger charge is -2.39. The smallest absolute Gasteiger partial charge is 0.139 e. The summed E-state index contributed by atoms with van der Waals surface area (Å²) in [6, 6.07) is 4.55. The van der Waals surface area contributed by atoms with Crippen molar-refractivity contribution < 1.29 is 0 Å². The predicted octanol–water partition coefficient (Wildman–Crippen LogP) is 2.48. The van der Waals surface area contributed by atoms with Gasteiger partial charge >= 0.3 is 0 Å². The predicted molar refractivity (Wildman–Crippen MR) is 77.8 cm³/mol. The van der Waals surface area contributed by atoms with Gasteiger partial charge in [-0.1, -0.05) is 18.6 Å². The molecule has 18 heavy (non-hydrogen) atoms. The van der Waals surface area contributed by atoms with E-state index in [2.05, 4.69) is 9.88 Å². The molecule has 2 N–H and O–H groups in total. The number of hydrogen-bond donors (Lipinski definition) is 1. The average molecular weight is 261 g/mol. The molecule has 0 spiro atoms. The number of thiocarbonyl (C=S) groups is 1. The van der Waals surface area contributed by atoms with Crippen LogP contribution >= 0.6 is 12.2 Å². The van der Waals surface area contributed by atoms with Gasteiger partial charge in [-0.15, -0.1) is 0 Å². The maximum absolute atomic E-state index is 5.82. The van der Waals surface area contributed by atoms with E-state index in [0.29, 0.717) is 11.0 Å². The van der Waals surface area contributed by atoms with E-state index in [1.54, 1.807) is 0 Å². The number of hydrogen-bond acceptors (Lipinski definition) is 3. The topological polar surface area (TPSA) is 42.1 Å². The van der Waals surface area contributed by atoms with Crippen LogP contribution < -0.4 is 10.6 Å². The minimum atomic E-state index is 0.457. The van der Waals surface area contributed by atoms with E-state index in [1.165, 1.54) is 32.1 Å². The van der Waals surface area contributed by atoms with Gasteiger partial charge < -0.3 is 10.6 Å². The first-order chi connectivity index (χ1) is 8.77. The number of nitrogens with two attached hydrogens (primary N) is 1. The molecule has 1 saturated carbocycles. The molecule has 1 aromatic rings. The van der Waals surface area contributed by atoms with Crippen molar-refractivity contribution >= 4 is 23.0 Å². The fourth-order valence-corrected chi connectivity index (χ4v) is 3.69. The fourth-order valence-electron chi connectivity index (χ4n) is 3.54. The second-order valence-corrected chi connectivity index (χ2v) is 5.77. The molecule has 0 bridgehead atoms. The molecule has 96 valence electrons. The van der Waals surface area contributed by atoms with E-state index >= 15 is 0 Å². The molecular formula is C14H19N3S. The molecule has 0 radical (unpaired) electrons. The van der Waals surface area contributed by atoms with Crippen LogP contribution in [0, 0.1) is 5.92 Å². The van der Waals surface area contributed by atoms with Gasteiger partial charge in [-0.2, -0.15) is 0 Å². The zero-order valence-electron chi connectivity index (χ0n) is 10.5. The molecule has 3 nitrogen and oxygen atoms in total. The van der Waals surface area contributed by atoms with Crippen LogP contribution in [0.25, 0.3) is 0 Å². The lowest BCUT2D eigenvalue weighted by atomic mass is 9.91. The first-order valence-corrected chi connectivity index (χ1v) is 7.19. The van der Waals surface area contributed by atoms with Crippen LogP contribution in [0.15, 0.2) is 18.3 Å². The fraction of sp³-hybridized carbons (Fsp3) is 0.571. The van der Waals surface area contributed by atoms with E-state index in [-0.39, 0.29) is 0 Å². The minimum Gasteiger partial charge on any atom is -0.389 e. The highest BCUT2D eigenvalue weighted by Crippen LogP contribution is 2.39. The Kier molecular flexibility index (Phi) is 3.20. The molecule has 1 aromatic heterocycles. The van der Waals surface area contributed by atoms with Gasteiger partial charge in [0.1, 0.15) is 10.8 Å². The number of aromatic nitrogens is 1. The van der Waals surface area contributed by atoms with E-state index in [0.717, 1.165) is 23.8 Å². The SMILES string of the molecule is NC(=S)c1cccnc1N1CCCC2CCCC21. The highest BCUT2D eigenvalue weighted by Gasteiger charge is 2.36. The molecule has 1 aliphatic carbocycles. The van der Waals surface area contributed by atoms with Gasteiger partial charge in [-0.05, 0) is 43.7 Å². The molecule has 2 aliphatic rings. The van der Waals surface area contributed by atoms with Gasteiger partial charge in [0, 0.05) is 18.8 Å². The number of piperidine rings is 1. The van der Waals surface area contributed by atoms with Crippen LogP contribution in [0.1, 0.15) is 37.7 Å². The zero-order valence-corrected chi connectivity index (χ0v) is 11.3. The van der Waals surface area contributed by atoms with Gasteiger partial charge in [0.05, 0.1) is 5.56 Å². The molecule has 1 saturated heterocycles. The Morgan fingerprint density at radius 3 is 3.00 bits per heavy atom. The summed E-state index contributed by atoms with van der Waals surface area (Å²) in [6.07, 6.45) is 8.48. The van der Waals surface area contributed by atoms with E-state index in [9.17, 15) is 0 Å². The molecule has 0 amide bonds. The average Bonchev–Trinajstić information content (AvgIpc) is 2.86. The van der Waals surface area contributed by atoms with Crippen molar-refractivity contribution in [2.24, 2.45) is 11.7 Å². The summed E-state index contributed by atoms with van der Waals surface area (Å²) in [5.74, 6) is 1.85. The number of anilines is 1. The normalized spacial score (nSPS) is 27.0. The molecule has 0 aromatic carbocycles. The van der Waals surface area contributed by atoms with Gasteiger partial charge in [0.2, 0.25) is 0 Å². The van der Waals surface area contributed by atoms with Crippen molar-refractivity contribution in [1.29, 1.82) is 0 Å². The Bertz CT molecular complexity index is 460. The summed E-state index contributed by atoms with van der Waals surface area (Å²) in [5, 5.41) is 0. The van der Waals surface area contributed by atoms with Crippen molar-refractivity contribution in [3.05, 3.63) is 23.9 Å². The summed E-state index contributed by atoms with van der Waals surface area (Å²) >= 11 is 5.15. The first-order valence-electron chi connectivity index (χ1n) is 6.79. The quantitative estimate of drug-likeness (QED) is 0.831.